The molecule has 0 radical (unpaired) electrons. The Morgan fingerprint density at radius 2 is 1.37 bits per heavy atom. The lowest BCUT2D eigenvalue weighted by molar-refractivity contribution is -0.308. The Kier molecular flexibility index (Phi) is 17.7. The second-order valence-electron chi connectivity index (χ2n) is 18.3. The molecule has 8 atom stereocenters. The van der Waals surface area contributed by atoms with Crippen LogP contribution in [0.4, 0.5) is 0 Å². The summed E-state index contributed by atoms with van der Waals surface area (Å²) in [5.74, 6) is 3.01. The van der Waals surface area contributed by atoms with Crippen LogP contribution in [-0.2, 0) is 61.2 Å². The van der Waals surface area contributed by atoms with Gasteiger partial charge in [-0.1, -0.05) is 53.4 Å². The van der Waals surface area contributed by atoms with Gasteiger partial charge in [0.25, 0.3) is 5.56 Å². The van der Waals surface area contributed by atoms with Gasteiger partial charge in [-0.2, -0.15) is 0 Å². The molecular formula is C41H66N2O15Si2. The molecule has 60 heavy (non-hydrogen) atoms. The number of nitrogens with one attached hydrogen (secondary N) is 1. The average molecular weight is 883 g/mol. The fourth-order valence-electron chi connectivity index (χ4n) is 5.99. The predicted molar refractivity (Wildman–Crippen MR) is 224 cm³/mol. The van der Waals surface area contributed by atoms with Crippen LogP contribution in [0.1, 0.15) is 107 Å². The fourth-order valence-corrected chi connectivity index (χ4v) is 8.36. The lowest BCUT2D eigenvalue weighted by atomic mass is 9.98. The van der Waals surface area contributed by atoms with Crippen molar-refractivity contribution in [2.45, 2.75) is 180 Å². The molecule has 1 aromatic heterocycles. The van der Waals surface area contributed by atoms with Crippen molar-refractivity contribution in [1.29, 1.82) is 0 Å². The molecule has 2 saturated heterocycles. The first-order chi connectivity index (χ1) is 27.6. The van der Waals surface area contributed by atoms with Crippen molar-refractivity contribution < 1.29 is 61.2 Å². The van der Waals surface area contributed by atoms with Crippen molar-refractivity contribution in [1.82, 2.24) is 9.55 Å². The lowest BCUT2D eigenvalue weighted by Gasteiger charge is -2.44. The van der Waals surface area contributed by atoms with Crippen molar-refractivity contribution in [3.63, 3.8) is 0 Å². The quantitative estimate of drug-likeness (QED) is 0.0774. The Hall–Kier alpha value is -3.65. The van der Waals surface area contributed by atoms with Gasteiger partial charge in [-0.05, 0) is 49.1 Å². The van der Waals surface area contributed by atoms with E-state index < -0.39 is 94.8 Å². The second-order valence-corrected chi connectivity index (χ2v) is 27.8. The number of rotatable bonds is 16. The molecule has 2 aliphatic heterocycles. The predicted octanol–water partition coefficient (Wildman–Crippen LogP) is 4.86. The maximum Gasteiger partial charge on any atom is 0.330 e. The van der Waals surface area contributed by atoms with Crippen LogP contribution in [0.5, 0.6) is 0 Å². The summed E-state index contributed by atoms with van der Waals surface area (Å²) in [6.45, 7) is 26.3. The molecular weight excluding hydrogens is 817 g/mol. The summed E-state index contributed by atoms with van der Waals surface area (Å²) < 4.78 is 54.6. The molecule has 0 amide bonds. The molecule has 0 bridgehead atoms. The molecule has 0 aliphatic carbocycles. The van der Waals surface area contributed by atoms with Crippen LogP contribution >= 0.6 is 0 Å². The highest BCUT2D eigenvalue weighted by Crippen LogP contribution is 2.42. The first-order valence-corrected chi connectivity index (χ1v) is 26.2. The summed E-state index contributed by atoms with van der Waals surface area (Å²) in [5, 5.41) is -0.0741. The number of esters is 4. The Morgan fingerprint density at radius 3 is 1.93 bits per heavy atom. The number of hydrogen-bond donors (Lipinski definition) is 1. The van der Waals surface area contributed by atoms with Gasteiger partial charge in [0.05, 0.1) is 12.7 Å². The van der Waals surface area contributed by atoms with Gasteiger partial charge in [0.15, 0.2) is 41.2 Å². The molecule has 1 N–H and O–H groups in total. The van der Waals surface area contributed by atoms with E-state index in [9.17, 15) is 28.8 Å². The third-order valence-corrected chi connectivity index (χ3v) is 20.3. The number of aromatic amines is 1. The normalized spacial score (nSPS) is 24.8. The molecule has 17 nitrogen and oxygen atoms in total. The highest BCUT2D eigenvalue weighted by molar-refractivity contribution is 6.74. The van der Waals surface area contributed by atoms with Crippen LogP contribution in [0.25, 0.3) is 0 Å². The largest absolute Gasteiger partial charge is 0.463 e. The number of aromatic nitrogens is 2. The van der Waals surface area contributed by atoms with Gasteiger partial charge in [-0.15, -0.1) is 0 Å². The molecule has 0 saturated carbocycles. The van der Waals surface area contributed by atoms with Crippen LogP contribution in [0, 0.1) is 11.8 Å². The minimum atomic E-state index is -2.24. The Labute approximate surface area is 355 Å². The fraction of sp³-hybridized carbons (Fsp3) is 0.756. The van der Waals surface area contributed by atoms with Gasteiger partial charge in [0, 0.05) is 53.3 Å². The Balaban J connectivity index is 1.74. The maximum atomic E-state index is 13.2. The Morgan fingerprint density at radius 1 is 0.783 bits per heavy atom. The van der Waals surface area contributed by atoms with E-state index in [4.69, 9.17) is 42.0 Å². The van der Waals surface area contributed by atoms with Crippen molar-refractivity contribution in [3.05, 3.63) is 32.6 Å². The minimum absolute atomic E-state index is 0.0140. The van der Waals surface area contributed by atoms with Crippen LogP contribution in [-0.4, -0.2) is 113 Å². The van der Waals surface area contributed by atoms with Crippen LogP contribution in [0.15, 0.2) is 15.8 Å². The van der Waals surface area contributed by atoms with E-state index in [0.29, 0.717) is 32.3 Å². The van der Waals surface area contributed by atoms with E-state index in [1.807, 2.05) is 0 Å². The van der Waals surface area contributed by atoms with E-state index in [2.05, 4.69) is 84.6 Å². The van der Waals surface area contributed by atoms with Crippen molar-refractivity contribution in [3.8, 4) is 11.8 Å². The van der Waals surface area contributed by atoms with Crippen LogP contribution in [0.2, 0.25) is 36.3 Å². The molecule has 2 aliphatic rings. The lowest BCUT2D eigenvalue weighted by Crippen LogP contribution is -2.63. The minimum Gasteiger partial charge on any atom is -0.463 e. The number of unbranched alkanes of at least 4 members (excludes halogenated alkanes) is 2. The standard InChI is InChI=1S/C41H66N2O15Si2/c1-25(44)51-23-32-34(53-26(2)45)35(54-27(3)46)36(55-28(4)47)38(57-32)50-20-18-16-15-17-19-29-22-43(39(49)42-37(29)48)33-21-30(58-60(13,14)41(8,9)10)31(56-33)24-52-59(11,12)40(5,6)7/h22,30-36,38H,15-16,18,20-21,23-24H2,1-14H3,(H,42,48,49)/t30-,31+,32+,33+,34-,35-,36+,38+/m0/s1. The summed E-state index contributed by atoms with van der Waals surface area (Å²) in [6, 6.07) is 0. The summed E-state index contributed by atoms with van der Waals surface area (Å²) in [4.78, 5) is 76.2. The molecule has 338 valence electrons. The van der Waals surface area contributed by atoms with Crippen LogP contribution < -0.4 is 11.2 Å². The van der Waals surface area contributed by atoms with Crippen molar-refractivity contribution in [2.75, 3.05) is 19.8 Å². The number of carbonyl (C=O) groups is 4. The third-order valence-electron chi connectivity index (χ3n) is 11.3. The smallest absolute Gasteiger partial charge is 0.330 e. The summed E-state index contributed by atoms with van der Waals surface area (Å²) >= 11 is 0. The molecule has 3 heterocycles. The van der Waals surface area contributed by atoms with E-state index in [1.54, 1.807) is 0 Å². The monoisotopic (exact) mass is 882 g/mol. The van der Waals surface area contributed by atoms with Gasteiger partial charge in [0.1, 0.15) is 30.6 Å². The van der Waals surface area contributed by atoms with Gasteiger partial charge in [-0.3, -0.25) is 33.5 Å². The molecule has 0 spiro atoms. The molecule has 2 fully saturated rings. The van der Waals surface area contributed by atoms with Gasteiger partial charge < -0.3 is 42.0 Å². The van der Waals surface area contributed by atoms with Gasteiger partial charge in [0.2, 0.25) is 0 Å². The van der Waals surface area contributed by atoms with Crippen LogP contribution in [0.3, 0.4) is 0 Å². The van der Waals surface area contributed by atoms with E-state index in [1.165, 1.54) is 17.7 Å². The van der Waals surface area contributed by atoms with Crippen molar-refractivity contribution >= 4 is 40.5 Å². The summed E-state index contributed by atoms with van der Waals surface area (Å²) in [6.07, 6.45) is -4.77. The first kappa shape index (κ1) is 50.7. The zero-order chi connectivity index (χ0) is 45.4. The number of hydrogen-bond acceptors (Lipinski definition) is 15. The van der Waals surface area contributed by atoms with E-state index in [0.717, 1.165) is 20.8 Å². The number of H-pyrrole nitrogens is 1. The molecule has 0 aromatic carbocycles. The van der Waals surface area contributed by atoms with Crippen molar-refractivity contribution in [2.24, 2.45) is 0 Å². The summed E-state index contributed by atoms with van der Waals surface area (Å²) in [5.41, 5.74) is -1.15. The number of nitrogens with zero attached hydrogens (tertiary/aromatic N) is 1. The highest BCUT2D eigenvalue weighted by Gasteiger charge is 2.53. The molecule has 3 rings (SSSR count). The van der Waals surface area contributed by atoms with E-state index in [-0.39, 0.29) is 35.0 Å². The topological polar surface area (TPSA) is 206 Å². The zero-order valence-corrected chi connectivity index (χ0v) is 39.7. The Bertz CT molecular complexity index is 1850. The average Bonchev–Trinajstić information content (AvgIpc) is 3.48. The third kappa shape index (κ3) is 14.2. The maximum absolute atomic E-state index is 13.2. The summed E-state index contributed by atoms with van der Waals surface area (Å²) in [7, 11) is -4.38. The van der Waals surface area contributed by atoms with Gasteiger partial charge in [-0.25, -0.2) is 4.79 Å². The highest BCUT2D eigenvalue weighted by atomic mass is 28.4. The zero-order valence-electron chi connectivity index (χ0n) is 37.7. The number of ether oxygens (including phenoxy) is 7. The van der Waals surface area contributed by atoms with E-state index >= 15 is 0 Å². The first-order valence-electron chi connectivity index (χ1n) is 20.4. The molecule has 0 unspecified atom stereocenters. The van der Waals surface area contributed by atoms with Gasteiger partial charge >= 0.3 is 29.6 Å². The second kappa shape index (κ2) is 20.9. The molecule has 19 heteroatoms. The number of carbonyl (C=O) groups excluding carboxylic acids is 4. The molecule has 1 aromatic rings. The SMILES string of the molecule is CC(=O)OC[C@H]1O[C@@H](OCCCCC#Cc2cn([C@H]3C[C@H](O[Si](C)(C)C(C)(C)C)[C@@H](CO[Si](C)(C)C(C)(C)C)O3)c(=O)[nH]c2=O)[C@H](OC(C)=O)[C@@H](OC(C)=O)[C@H]1OC(C)=O.